The van der Waals surface area contributed by atoms with Gasteiger partial charge in [0.25, 0.3) is 0 Å². The molecule has 3 aromatic rings. The van der Waals surface area contributed by atoms with Gasteiger partial charge in [0.2, 0.25) is 0 Å². The van der Waals surface area contributed by atoms with Crippen LogP contribution in [0, 0.1) is 11.6 Å². The maximum absolute atomic E-state index is 13.7. The largest absolute Gasteiger partial charge is 0.335 e. The Kier molecular flexibility index (Phi) is 2.45. The van der Waals surface area contributed by atoms with Crippen molar-refractivity contribution in [2.75, 3.05) is 0 Å². The van der Waals surface area contributed by atoms with E-state index in [2.05, 4.69) is 19.9 Å². The fraction of sp³-hybridized carbons (Fsp3) is 0. The molecule has 0 radical (unpaired) electrons. The summed E-state index contributed by atoms with van der Waals surface area (Å²) in [5.74, 6) is -1.19. The summed E-state index contributed by atoms with van der Waals surface area (Å²) >= 11 is 5.48. The van der Waals surface area contributed by atoms with E-state index in [1.807, 2.05) is 0 Å². The standard InChI is InChI=1S/C11H5ClF2N4/c12-6-2-7(13)5(1-8(6)14)10-17-9-3-15-4-16-11(9)18-10/h1-4H,(H,15,16,17,18). The molecule has 0 spiro atoms. The molecule has 0 saturated heterocycles. The van der Waals surface area contributed by atoms with Crippen LogP contribution in [0.25, 0.3) is 22.6 Å². The van der Waals surface area contributed by atoms with Crippen LogP contribution in [0.5, 0.6) is 0 Å². The van der Waals surface area contributed by atoms with Gasteiger partial charge in [0.1, 0.15) is 29.3 Å². The van der Waals surface area contributed by atoms with Crippen molar-refractivity contribution in [3.8, 4) is 11.4 Å². The first-order chi connectivity index (χ1) is 8.65. The van der Waals surface area contributed by atoms with Crippen molar-refractivity contribution in [3.63, 3.8) is 0 Å². The number of aromatic amines is 1. The smallest absolute Gasteiger partial charge is 0.181 e. The van der Waals surface area contributed by atoms with Gasteiger partial charge in [-0.3, -0.25) is 0 Å². The lowest BCUT2D eigenvalue weighted by molar-refractivity contribution is 0.602. The normalized spacial score (nSPS) is 11.1. The minimum atomic E-state index is -0.709. The molecule has 1 N–H and O–H groups in total. The van der Waals surface area contributed by atoms with Crippen LogP contribution < -0.4 is 0 Å². The van der Waals surface area contributed by atoms with Crippen LogP contribution in [0.2, 0.25) is 5.02 Å². The van der Waals surface area contributed by atoms with Gasteiger partial charge >= 0.3 is 0 Å². The molecule has 18 heavy (non-hydrogen) atoms. The Morgan fingerprint density at radius 1 is 1.17 bits per heavy atom. The molecule has 0 fully saturated rings. The molecule has 1 aromatic carbocycles. The Bertz CT molecular complexity index is 708. The zero-order valence-corrected chi connectivity index (χ0v) is 9.54. The maximum atomic E-state index is 13.7. The van der Waals surface area contributed by atoms with Crippen molar-refractivity contribution in [2.45, 2.75) is 0 Å². The quantitative estimate of drug-likeness (QED) is 0.689. The summed E-state index contributed by atoms with van der Waals surface area (Å²) in [4.78, 5) is 14.6. The maximum Gasteiger partial charge on any atom is 0.181 e. The highest BCUT2D eigenvalue weighted by Crippen LogP contribution is 2.26. The van der Waals surface area contributed by atoms with E-state index in [0.717, 1.165) is 12.1 Å². The third kappa shape index (κ3) is 1.70. The highest BCUT2D eigenvalue weighted by atomic mass is 35.5. The van der Waals surface area contributed by atoms with Crippen LogP contribution in [0.3, 0.4) is 0 Å². The van der Waals surface area contributed by atoms with Crippen molar-refractivity contribution < 1.29 is 8.78 Å². The van der Waals surface area contributed by atoms with E-state index >= 15 is 0 Å². The zero-order valence-electron chi connectivity index (χ0n) is 8.78. The molecule has 0 aliphatic rings. The Morgan fingerprint density at radius 2 is 2.00 bits per heavy atom. The zero-order chi connectivity index (χ0) is 12.7. The number of nitrogens with one attached hydrogen (secondary N) is 1. The molecule has 90 valence electrons. The lowest BCUT2D eigenvalue weighted by Crippen LogP contribution is -1.89. The van der Waals surface area contributed by atoms with Gasteiger partial charge in [-0.15, -0.1) is 0 Å². The number of imidazole rings is 1. The summed E-state index contributed by atoms with van der Waals surface area (Å²) < 4.78 is 27.0. The van der Waals surface area contributed by atoms with E-state index in [0.29, 0.717) is 11.2 Å². The lowest BCUT2D eigenvalue weighted by atomic mass is 10.2. The topological polar surface area (TPSA) is 54.5 Å². The Hall–Kier alpha value is -2.08. The molecule has 2 heterocycles. The van der Waals surface area contributed by atoms with Gasteiger partial charge < -0.3 is 4.98 Å². The predicted molar refractivity (Wildman–Crippen MR) is 62.0 cm³/mol. The van der Waals surface area contributed by atoms with Crippen LogP contribution in [0.1, 0.15) is 0 Å². The van der Waals surface area contributed by atoms with Gasteiger partial charge in [0, 0.05) is 0 Å². The van der Waals surface area contributed by atoms with Gasteiger partial charge in [-0.05, 0) is 12.1 Å². The van der Waals surface area contributed by atoms with E-state index in [4.69, 9.17) is 11.6 Å². The number of rotatable bonds is 1. The molecule has 0 saturated carbocycles. The number of H-pyrrole nitrogens is 1. The lowest BCUT2D eigenvalue weighted by Gasteiger charge is -2.01. The summed E-state index contributed by atoms with van der Waals surface area (Å²) in [7, 11) is 0. The molecular weight excluding hydrogens is 262 g/mol. The van der Waals surface area contributed by atoms with E-state index < -0.39 is 11.6 Å². The molecule has 0 bridgehead atoms. The van der Waals surface area contributed by atoms with E-state index in [9.17, 15) is 8.78 Å². The number of fused-ring (bicyclic) bond motifs is 1. The molecular formula is C11H5ClF2N4. The highest BCUT2D eigenvalue weighted by molar-refractivity contribution is 6.30. The van der Waals surface area contributed by atoms with Gasteiger partial charge in [-0.2, -0.15) is 0 Å². The highest BCUT2D eigenvalue weighted by Gasteiger charge is 2.14. The second-order valence-electron chi connectivity index (χ2n) is 3.59. The van der Waals surface area contributed by atoms with Gasteiger partial charge in [-0.1, -0.05) is 11.6 Å². The van der Waals surface area contributed by atoms with Crippen LogP contribution in [-0.2, 0) is 0 Å². The Balaban J connectivity index is 2.22. The molecule has 4 nitrogen and oxygen atoms in total. The number of benzene rings is 1. The SMILES string of the molecule is Fc1cc(-c2nc3ncncc3[nH]2)c(F)cc1Cl. The van der Waals surface area contributed by atoms with E-state index in [1.165, 1.54) is 12.5 Å². The van der Waals surface area contributed by atoms with Crippen molar-refractivity contribution in [3.05, 3.63) is 41.3 Å². The van der Waals surface area contributed by atoms with Crippen molar-refractivity contribution >= 4 is 22.8 Å². The van der Waals surface area contributed by atoms with Gasteiger partial charge in [0.15, 0.2) is 5.65 Å². The van der Waals surface area contributed by atoms with Crippen LogP contribution in [-0.4, -0.2) is 19.9 Å². The average molecular weight is 267 g/mol. The number of hydrogen-bond donors (Lipinski definition) is 1. The summed E-state index contributed by atoms with van der Waals surface area (Å²) in [6, 6.07) is 1.90. The molecule has 7 heteroatoms. The molecule has 0 aliphatic carbocycles. The van der Waals surface area contributed by atoms with E-state index in [-0.39, 0.29) is 16.4 Å². The number of halogens is 3. The summed E-state index contributed by atoms with van der Waals surface area (Å²) in [5, 5.41) is -0.271. The van der Waals surface area contributed by atoms with Crippen molar-refractivity contribution in [1.29, 1.82) is 0 Å². The van der Waals surface area contributed by atoms with Crippen LogP contribution in [0.4, 0.5) is 8.78 Å². The fourth-order valence-electron chi connectivity index (χ4n) is 1.59. The second-order valence-corrected chi connectivity index (χ2v) is 4.00. The number of nitrogens with zero attached hydrogens (tertiary/aromatic N) is 3. The summed E-state index contributed by atoms with van der Waals surface area (Å²) in [6.07, 6.45) is 2.83. The predicted octanol–water partition coefficient (Wildman–Crippen LogP) is 2.95. The summed E-state index contributed by atoms with van der Waals surface area (Å²) in [6.45, 7) is 0. The third-order valence-corrected chi connectivity index (χ3v) is 2.72. The van der Waals surface area contributed by atoms with Crippen molar-refractivity contribution in [2.24, 2.45) is 0 Å². The Morgan fingerprint density at radius 3 is 2.78 bits per heavy atom. The van der Waals surface area contributed by atoms with Crippen LogP contribution >= 0.6 is 11.6 Å². The van der Waals surface area contributed by atoms with E-state index in [1.54, 1.807) is 0 Å². The number of hydrogen-bond acceptors (Lipinski definition) is 3. The first-order valence-electron chi connectivity index (χ1n) is 4.96. The Labute approximate surface area is 105 Å². The molecule has 3 rings (SSSR count). The molecule has 0 aliphatic heterocycles. The second kappa shape index (κ2) is 3.99. The van der Waals surface area contributed by atoms with Crippen LogP contribution in [0.15, 0.2) is 24.7 Å². The fourth-order valence-corrected chi connectivity index (χ4v) is 1.74. The van der Waals surface area contributed by atoms with Gasteiger partial charge in [-0.25, -0.2) is 23.7 Å². The average Bonchev–Trinajstić information content (AvgIpc) is 2.77. The summed E-state index contributed by atoms with van der Waals surface area (Å²) in [5.41, 5.74) is 0.923. The molecule has 0 unspecified atom stereocenters. The molecule has 2 aromatic heterocycles. The van der Waals surface area contributed by atoms with Crippen molar-refractivity contribution in [1.82, 2.24) is 19.9 Å². The first-order valence-corrected chi connectivity index (χ1v) is 5.33. The minimum Gasteiger partial charge on any atom is -0.335 e. The first kappa shape index (κ1) is 11.0. The molecule has 0 atom stereocenters. The third-order valence-electron chi connectivity index (χ3n) is 2.43. The number of aromatic nitrogens is 4. The monoisotopic (exact) mass is 266 g/mol. The van der Waals surface area contributed by atoms with Gasteiger partial charge in [0.05, 0.1) is 16.8 Å². The minimum absolute atomic E-state index is 0.00472. The molecule has 0 amide bonds.